The van der Waals surface area contributed by atoms with Crippen molar-refractivity contribution in [3.63, 3.8) is 0 Å². The number of nitrogens with zero attached hydrogens (tertiary/aromatic N) is 2. The number of halogens is 1. The summed E-state index contributed by atoms with van der Waals surface area (Å²) in [7, 11) is 1.33. The molecule has 0 saturated heterocycles. The number of hydrogen-bond donors (Lipinski definition) is 0. The second-order valence-corrected chi connectivity index (χ2v) is 12.4. The molecule has 230 valence electrons. The fourth-order valence-corrected chi connectivity index (χ4v) is 5.50. The van der Waals surface area contributed by atoms with E-state index in [-0.39, 0.29) is 23.6 Å². The van der Waals surface area contributed by atoms with E-state index in [0.29, 0.717) is 39.9 Å². The van der Waals surface area contributed by atoms with Crippen LogP contribution in [0.25, 0.3) is 21.8 Å². The molecule has 42 heavy (non-hydrogen) atoms. The molecule has 0 N–H and O–H groups in total. The number of esters is 1. The van der Waals surface area contributed by atoms with Crippen LogP contribution >= 0.6 is 11.6 Å². The first-order valence-corrected chi connectivity index (χ1v) is 15.8. The Balaban J connectivity index is 2.31. The first kappa shape index (κ1) is 33.6. The lowest BCUT2D eigenvalue weighted by molar-refractivity contribution is 0.0593. The van der Waals surface area contributed by atoms with Gasteiger partial charge in [-0.05, 0) is 62.1 Å². The SMILES string of the molecule is CCCCC(CC(C)C)Oc1cc(C(=O)Cl)nc2c(C)c3nc(C(=O)OC)cc(OC(CCCC)CC(C)C)c3cc12. The quantitative estimate of drug-likeness (QED) is 0.0922. The van der Waals surface area contributed by atoms with Crippen molar-refractivity contribution in [1.29, 1.82) is 0 Å². The number of aromatic nitrogens is 2. The normalized spacial score (nSPS) is 13.1. The highest BCUT2D eigenvalue weighted by Crippen LogP contribution is 2.38. The minimum absolute atomic E-state index is 0.0217. The third-order valence-electron chi connectivity index (χ3n) is 7.45. The van der Waals surface area contributed by atoms with Gasteiger partial charge in [-0.2, -0.15) is 0 Å². The van der Waals surface area contributed by atoms with Gasteiger partial charge in [-0.1, -0.05) is 67.2 Å². The number of fused-ring (bicyclic) bond motifs is 2. The Morgan fingerprint density at radius 1 is 0.786 bits per heavy atom. The van der Waals surface area contributed by atoms with Crippen LogP contribution in [0.1, 0.15) is 119 Å². The van der Waals surface area contributed by atoms with E-state index in [4.69, 9.17) is 25.8 Å². The van der Waals surface area contributed by atoms with E-state index < -0.39 is 11.2 Å². The topological polar surface area (TPSA) is 87.6 Å². The molecule has 0 aliphatic rings. The monoisotopic (exact) mass is 598 g/mol. The number of carbonyl (C=O) groups is 2. The van der Waals surface area contributed by atoms with Crippen molar-refractivity contribution in [3.05, 3.63) is 35.2 Å². The minimum Gasteiger partial charge on any atom is -0.490 e. The summed E-state index contributed by atoms with van der Waals surface area (Å²) in [6, 6.07) is 5.28. The maximum Gasteiger partial charge on any atom is 0.356 e. The summed E-state index contributed by atoms with van der Waals surface area (Å²) in [5.41, 5.74) is 2.07. The Hall–Kier alpha value is -2.93. The number of rotatable bonds is 16. The summed E-state index contributed by atoms with van der Waals surface area (Å²) in [4.78, 5) is 34.3. The smallest absolute Gasteiger partial charge is 0.356 e. The van der Waals surface area contributed by atoms with Gasteiger partial charge in [0.2, 0.25) is 0 Å². The van der Waals surface area contributed by atoms with E-state index in [1.165, 1.54) is 7.11 Å². The van der Waals surface area contributed by atoms with Crippen LogP contribution in [0.4, 0.5) is 0 Å². The Bertz CT molecular complexity index is 1390. The van der Waals surface area contributed by atoms with E-state index in [1.807, 2.05) is 13.0 Å². The molecule has 3 rings (SSSR count). The zero-order chi connectivity index (χ0) is 31.0. The highest BCUT2D eigenvalue weighted by Gasteiger charge is 2.23. The molecule has 2 unspecified atom stereocenters. The van der Waals surface area contributed by atoms with Crippen molar-refractivity contribution in [2.75, 3.05) is 7.11 Å². The second kappa shape index (κ2) is 15.5. The van der Waals surface area contributed by atoms with Crippen molar-refractivity contribution in [2.45, 2.75) is 112 Å². The minimum atomic E-state index is -0.664. The summed E-state index contributed by atoms with van der Waals surface area (Å²) in [5, 5.41) is 0.838. The van der Waals surface area contributed by atoms with Crippen LogP contribution in [0.15, 0.2) is 18.2 Å². The average Bonchev–Trinajstić information content (AvgIpc) is 2.94. The Morgan fingerprint density at radius 2 is 1.24 bits per heavy atom. The first-order valence-electron chi connectivity index (χ1n) is 15.4. The first-order chi connectivity index (χ1) is 20.0. The number of unbranched alkanes of at least 4 members (excludes halogenated alkanes) is 2. The van der Waals surface area contributed by atoms with Gasteiger partial charge in [0.15, 0.2) is 5.69 Å². The molecule has 7 nitrogen and oxygen atoms in total. The molecule has 0 bridgehead atoms. The third-order valence-corrected chi connectivity index (χ3v) is 7.65. The Labute approximate surface area is 255 Å². The standard InChI is InChI=1S/C34H47ClN2O5/c1-9-11-13-23(15-20(3)4)41-29-18-27(33(35)38)36-31-22(7)32-26(17-25(29)31)30(19-28(37-32)34(39)40-8)42-24(14-12-10-2)16-21(5)6/h17-21,23-24H,9-16H2,1-8H3. The van der Waals surface area contributed by atoms with Gasteiger partial charge in [-0.3, -0.25) is 4.79 Å². The largest absolute Gasteiger partial charge is 0.490 e. The number of pyridine rings is 2. The van der Waals surface area contributed by atoms with Crippen molar-refractivity contribution >= 4 is 44.6 Å². The second-order valence-electron chi connectivity index (χ2n) is 12.1. The number of aryl methyl sites for hydroxylation is 1. The van der Waals surface area contributed by atoms with E-state index in [2.05, 4.69) is 51.5 Å². The third kappa shape index (κ3) is 8.56. The summed E-state index contributed by atoms with van der Waals surface area (Å²) in [5.74, 6) is 1.46. The Morgan fingerprint density at radius 3 is 1.64 bits per heavy atom. The van der Waals surface area contributed by atoms with Gasteiger partial charge in [0.05, 0.1) is 30.4 Å². The number of benzene rings is 1. The van der Waals surface area contributed by atoms with Crippen molar-refractivity contribution in [1.82, 2.24) is 9.97 Å². The van der Waals surface area contributed by atoms with E-state index in [1.54, 1.807) is 12.1 Å². The van der Waals surface area contributed by atoms with Crippen LogP contribution in [-0.4, -0.2) is 40.5 Å². The van der Waals surface area contributed by atoms with Gasteiger partial charge >= 0.3 is 5.97 Å². The Kier molecular flexibility index (Phi) is 12.4. The molecule has 0 amide bonds. The molecule has 0 radical (unpaired) electrons. The molecule has 2 heterocycles. The molecule has 0 fully saturated rings. The summed E-state index contributed by atoms with van der Waals surface area (Å²) < 4.78 is 18.4. The summed E-state index contributed by atoms with van der Waals surface area (Å²) >= 11 is 5.95. The van der Waals surface area contributed by atoms with Crippen LogP contribution in [0.3, 0.4) is 0 Å². The number of carbonyl (C=O) groups excluding carboxylic acids is 2. The van der Waals surface area contributed by atoms with Crippen LogP contribution in [0.2, 0.25) is 0 Å². The molecule has 2 aromatic heterocycles. The van der Waals surface area contributed by atoms with Crippen molar-refractivity contribution in [3.8, 4) is 11.5 Å². The fraction of sp³-hybridized carbons (Fsp3) is 0.588. The van der Waals surface area contributed by atoms with Gasteiger partial charge in [0.1, 0.15) is 17.2 Å². The average molecular weight is 599 g/mol. The molecule has 0 aliphatic heterocycles. The van der Waals surface area contributed by atoms with Crippen LogP contribution in [0.5, 0.6) is 11.5 Å². The van der Waals surface area contributed by atoms with Gasteiger partial charge < -0.3 is 14.2 Å². The molecule has 0 spiro atoms. The van der Waals surface area contributed by atoms with Crippen LogP contribution < -0.4 is 9.47 Å². The maximum atomic E-state index is 12.7. The zero-order valence-electron chi connectivity index (χ0n) is 26.5. The predicted octanol–water partition coefficient (Wildman–Crippen LogP) is 9.22. The molecule has 0 saturated carbocycles. The van der Waals surface area contributed by atoms with E-state index in [0.717, 1.165) is 62.1 Å². The number of methoxy groups -OCH3 is 1. The zero-order valence-corrected chi connectivity index (χ0v) is 27.3. The van der Waals surface area contributed by atoms with Crippen molar-refractivity contribution < 1.29 is 23.8 Å². The molecule has 1 aromatic carbocycles. The lowest BCUT2D eigenvalue weighted by Gasteiger charge is -2.24. The molecular formula is C34H47ClN2O5. The van der Waals surface area contributed by atoms with Crippen molar-refractivity contribution in [2.24, 2.45) is 11.8 Å². The summed E-state index contributed by atoms with van der Waals surface area (Å²) in [6.07, 6.45) is 7.74. The molecule has 2 atom stereocenters. The fourth-order valence-electron chi connectivity index (χ4n) is 5.40. The van der Waals surface area contributed by atoms with E-state index in [9.17, 15) is 9.59 Å². The van der Waals surface area contributed by atoms with Gasteiger partial charge in [0.25, 0.3) is 5.24 Å². The molecular weight excluding hydrogens is 552 g/mol. The molecule has 3 aromatic rings. The van der Waals surface area contributed by atoms with Gasteiger partial charge in [-0.25, -0.2) is 14.8 Å². The van der Waals surface area contributed by atoms with Gasteiger partial charge in [0, 0.05) is 28.5 Å². The number of ether oxygens (including phenoxy) is 3. The van der Waals surface area contributed by atoms with Crippen LogP contribution in [0, 0.1) is 18.8 Å². The predicted molar refractivity (Wildman–Crippen MR) is 170 cm³/mol. The highest BCUT2D eigenvalue weighted by atomic mass is 35.5. The highest BCUT2D eigenvalue weighted by molar-refractivity contribution is 6.67. The lowest BCUT2D eigenvalue weighted by atomic mass is 10.00. The molecule has 8 heteroatoms. The molecule has 0 aliphatic carbocycles. The van der Waals surface area contributed by atoms with E-state index >= 15 is 0 Å². The summed E-state index contributed by atoms with van der Waals surface area (Å²) in [6.45, 7) is 14.9. The van der Waals surface area contributed by atoms with Crippen LogP contribution in [-0.2, 0) is 4.74 Å². The lowest BCUT2D eigenvalue weighted by Crippen LogP contribution is -2.20. The number of hydrogen-bond acceptors (Lipinski definition) is 7. The van der Waals surface area contributed by atoms with Gasteiger partial charge in [-0.15, -0.1) is 0 Å². The maximum absolute atomic E-state index is 12.7.